The van der Waals surface area contributed by atoms with E-state index in [2.05, 4.69) is 0 Å². The van der Waals surface area contributed by atoms with Crippen molar-refractivity contribution in [2.24, 2.45) is 0 Å². The fourth-order valence-corrected chi connectivity index (χ4v) is 4.00. The van der Waals surface area contributed by atoms with Gasteiger partial charge in [-0.3, -0.25) is 9.59 Å². The highest BCUT2D eigenvalue weighted by molar-refractivity contribution is 5.85. The van der Waals surface area contributed by atoms with Crippen molar-refractivity contribution >= 4 is 11.8 Å². The van der Waals surface area contributed by atoms with Gasteiger partial charge in [-0.2, -0.15) is 13.2 Å². The van der Waals surface area contributed by atoms with Crippen LogP contribution in [-0.4, -0.2) is 59.0 Å². The lowest BCUT2D eigenvalue weighted by Crippen LogP contribution is -2.44. The molecule has 0 spiro atoms. The summed E-state index contributed by atoms with van der Waals surface area (Å²) < 4.78 is 46.3. The molecule has 2 aromatic rings. The second-order valence-electron chi connectivity index (χ2n) is 8.99. The molecule has 0 radical (unpaired) electrons. The molecule has 1 aliphatic rings. The molecule has 0 N–H and O–H groups in total. The Morgan fingerprint density at radius 3 is 2.57 bits per heavy atom. The first-order valence-corrected chi connectivity index (χ1v) is 12.1. The zero-order chi connectivity index (χ0) is 25.4. The van der Waals surface area contributed by atoms with Crippen molar-refractivity contribution in [1.82, 2.24) is 14.4 Å². The number of benzene rings is 1. The first-order chi connectivity index (χ1) is 16.7. The molecule has 0 saturated heterocycles. The Morgan fingerprint density at radius 2 is 1.91 bits per heavy atom. The lowest BCUT2D eigenvalue weighted by molar-refractivity contribution is -0.141. The molecule has 0 bridgehead atoms. The summed E-state index contributed by atoms with van der Waals surface area (Å²) in [4.78, 5) is 29.3. The molecule has 0 aliphatic heterocycles. The van der Waals surface area contributed by atoms with Crippen molar-refractivity contribution in [2.75, 3.05) is 26.8 Å². The van der Waals surface area contributed by atoms with Gasteiger partial charge in [0, 0.05) is 44.6 Å². The summed E-state index contributed by atoms with van der Waals surface area (Å²) in [5.41, 5.74) is 0.629. The first kappa shape index (κ1) is 26.8. The molecule has 1 saturated carbocycles. The highest BCUT2D eigenvalue weighted by atomic mass is 19.4. The molecule has 1 aromatic carbocycles. The molecule has 1 fully saturated rings. The zero-order valence-electron chi connectivity index (χ0n) is 20.4. The Morgan fingerprint density at radius 1 is 1.14 bits per heavy atom. The summed E-state index contributed by atoms with van der Waals surface area (Å²) in [6, 6.07) is 9.06. The number of rotatable bonds is 13. The number of hydrogen-bond donors (Lipinski definition) is 0. The zero-order valence-corrected chi connectivity index (χ0v) is 20.4. The van der Waals surface area contributed by atoms with E-state index in [0.717, 1.165) is 43.5 Å². The molecule has 1 aromatic heterocycles. The Kier molecular flexibility index (Phi) is 9.37. The molecule has 1 aliphatic carbocycles. The van der Waals surface area contributed by atoms with Crippen LogP contribution in [0, 0.1) is 0 Å². The van der Waals surface area contributed by atoms with E-state index in [9.17, 15) is 22.8 Å². The van der Waals surface area contributed by atoms with Crippen molar-refractivity contribution in [2.45, 2.75) is 64.3 Å². The minimum Gasteiger partial charge on any atom is -0.383 e. The van der Waals surface area contributed by atoms with Gasteiger partial charge in [0.15, 0.2) is 0 Å². The maximum atomic E-state index is 13.3. The highest BCUT2D eigenvalue weighted by Gasteiger charge is 2.34. The van der Waals surface area contributed by atoms with E-state index in [4.69, 9.17) is 4.74 Å². The molecule has 0 atom stereocenters. The molecule has 9 heteroatoms. The minimum atomic E-state index is -4.40. The maximum Gasteiger partial charge on any atom is 0.416 e. The lowest BCUT2D eigenvalue weighted by Gasteiger charge is -2.28. The van der Waals surface area contributed by atoms with Gasteiger partial charge in [-0.25, -0.2) is 0 Å². The predicted molar refractivity (Wildman–Crippen MR) is 127 cm³/mol. The topological polar surface area (TPSA) is 54.8 Å². The third-order valence-electron chi connectivity index (χ3n) is 6.16. The molecule has 2 amide bonds. The van der Waals surface area contributed by atoms with Crippen molar-refractivity contribution in [1.29, 1.82) is 0 Å². The van der Waals surface area contributed by atoms with E-state index < -0.39 is 11.7 Å². The number of carbonyl (C=O) groups is 2. The van der Waals surface area contributed by atoms with Crippen molar-refractivity contribution in [3.8, 4) is 0 Å². The second-order valence-corrected chi connectivity index (χ2v) is 8.99. The van der Waals surface area contributed by atoms with Gasteiger partial charge < -0.3 is 19.1 Å². The van der Waals surface area contributed by atoms with E-state index in [1.165, 1.54) is 6.07 Å². The van der Waals surface area contributed by atoms with Crippen LogP contribution < -0.4 is 0 Å². The maximum absolute atomic E-state index is 13.3. The van der Waals surface area contributed by atoms with Crippen molar-refractivity contribution in [3.63, 3.8) is 0 Å². The van der Waals surface area contributed by atoms with Crippen LogP contribution in [-0.2, 0) is 33.6 Å². The highest BCUT2D eigenvalue weighted by Crippen LogP contribution is 2.30. The smallest absolute Gasteiger partial charge is 0.383 e. The fraction of sp³-hybridized carbons (Fsp3) is 0.538. The van der Waals surface area contributed by atoms with E-state index in [1.54, 1.807) is 29.2 Å². The average molecular weight is 494 g/mol. The normalized spacial score (nSPS) is 13.6. The Bertz CT molecular complexity index is 985. The second kappa shape index (κ2) is 12.2. The first-order valence-electron chi connectivity index (χ1n) is 12.1. The molecule has 0 unspecified atom stereocenters. The largest absolute Gasteiger partial charge is 0.416 e. The summed E-state index contributed by atoms with van der Waals surface area (Å²) in [6.07, 6.45) is 1.39. The fourth-order valence-electron chi connectivity index (χ4n) is 4.00. The molecular weight excluding hydrogens is 459 g/mol. The third kappa shape index (κ3) is 7.85. The van der Waals surface area contributed by atoms with Crippen LogP contribution in [0.4, 0.5) is 13.2 Å². The molecule has 6 nitrogen and oxygen atoms in total. The molecular formula is C26H34F3N3O3. The van der Waals surface area contributed by atoms with Gasteiger partial charge in [-0.15, -0.1) is 0 Å². The van der Waals surface area contributed by atoms with Gasteiger partial charge in [0.1, 0.15) is 6.54 Å². The number of hydrogen-bond acceptors (Lipinski definition) is 3. The van der Waals surface area contributed by atoms with Crippen LogP contribution in [0.5, 0.6) is 0 Å². The number of carbonyl (C=O) groups excluding carboxylic acids is 2. The van der Waals surface area contributed by atoms with Gasteiger partial charge in [0.05, 0.1) is 18.7 Å². The van der Waals surface area contributed by atoms with Gasteiger partial charge in [0.25, 0.3) is 0 Å². The van der Waals surface area contributed by atoms with E-state index in [0.29, 0.717) is 25.1 Å². The predicted octanol–water partition coefficient (Wildman–Crippen LogP) is 4.71. The lowest BCUT2D eigenvalue weighted by atomic mass is 10.1. The number of unbranched alkanes of at least 4 members (excludes halogenated alkanes) is 1. The number of nitrogens with zero attached hydrogens (tertiary/aromatic N) is 3. The van der Waals surface area contributed by atoms with E-state index >= 15 is 0 Å². The molecule has 192 valence electrons. The monoisotopic (exact) mass is 493 g/mol. The molecule has 3 rings (SSSR count). The Hall–Kier alpha value is -2.81. The summed E-state index contributed by atoms with van der Waals surface area (Å²) in [6.45, 7) is 3.28. The SMILES string of the molecule is CCCCC(=O)N(CC(=O)N(CCOC)Cc1cccn1Cc1cccc(C(F)(F)F)c1)C1CC1. The van der Waals surface area contributed by atoms with Crippen LogP contribution in [0.2, 0.25) is 0 Å². The van der Waals surface area contributed by atoms with Crippen LogP contribution in [0.25, 0.3) is 0 Å². The number of ether oxygens (including phenoxy) is 1. The Balaban J connectivity index is 1.72. The number of methoxy groups -OCH3 is 1. The summed E-state index contributed by atoms with van der Waals surface area (Å²) in [7, 11) is 1.56. The summed E-state index contributed by atoms with van der Waals surface area (Å²) in [5.74, 6) is -0.145. The number of aromatic nitrogens is 1. The summed E-state index contributed by atoms with van der Waals surface area (Å²) in [5, 5.41) is 0. The molecule has 35 heavy (non-hydrogen) atoms. The van der Waals surface area contributed by atoms with E-state index in [1.807, 2.05) is 23.6 Å². The van der Waals surface area contributed by atoms with Crippen molar-refractivity contribution in [3.05, 3.63) is 59.4 Å². The van der Waals surface area contributed by atoms with Crippen LogP contribution in [0.1, 0.15) is 55.8 Å². The van der Waals surface area contributed by atoms with Crippen molar-refractivity contribution < 1.29 is 27.5 Å². The van der Waals surface area contributed by atoms with E-state index in [-0.39, 0.29) is 37.5 Å². The quantitative estimate of drug-likeness (QED) is 0.406. The molecule has 1 heterocycles. The Labute approximate surface area is 204 Å². The summed E-state index contributed by atoms with van der Waals surface area (Å²) >= 11 is 0. The van der Waals surface area contributed by atoms with Crippen LogP contribution in [0.3, 0.4) is 0 Å². The van der Waals surface area contributed by atoms with Gasteiger partial charge in [-0.05, 0) is 49.1 Å². The third-order valence-corrected chi connectivity index (χ3v) is 6.16. The standard InChI is InChI=1S/C26H34F3N3O3/c1-3-4-10-24(33)32(22-11-12-22)19-25(34)31(14-15-35-2)18-23-9-6-13-30(23)17-20-7-5-8-21(16-20)26(27,28)29/h5-9,13,16,22H,3-4,10-12,14-15,17-19H2,1-2H3. The number of halogens is 3. The van der Waals surface area contributed by atoms with Gasteiger partial charge in [-0.1, -0.05) is 25.5 Å². The van der Waals surface area contributed by atoms with Gasteiger partial charge >= 0.3 is 6.18 Å². The minimum absolute atomic E-state index is 0.0160. The van der Waals surface area contributed by atoms with Gasteiger partial charge in [0.2, 0.25) is 11.8 Å². The van der Waals surface area contributed by atoms with Crippen LogP contribution in [0.15, 0.2) is 42.6 Å². The number of amides is 2. The number of alkyl halides is 3. The van der Waals surface area contributed by atoms with Crippen LogP contribution >= 0.6 is 0 Å². The average Bonchev–Trinajstić information content (AvgIpc) is 3.58.